The van der Waals surface area contributed by atoms with Crippen molar-refractivity contribution in [1.29, 1.82) is 0 Å². The summed E-state index contributed by atoms with van der Waals surface area (Å²) in [6, 6.07) is 0. The van der Waals surface area contributed by atoms with E-state index in [2.05, 4.69) is 0 Å². The third kappa shape index (κ3) is 11.5. The van der Waals surface area contributed by atoms with Crippen LogP contribution in [-0.2, 0) is 85.7 Å². The van der Waals surface area contributed by atoms with Gasteiger partial charge in [0, 0.05) is 55.1 Å². The van der Waals surface area contributed by atoms with Gasteiger partial charge in [-0.3, -0.25) is 33.6 Å². The standard InChI is InChI=1S/C28H40O18/c1-9-36-27-25(42-17(7)34)24(41-16(6)33)22(20(44-27)11-38-13(3)30)46-28-26(43-18(8)35)23(40-15(5)32)21(39-14(4)31)19(45-28)10-37-12(2)29/h19-28H,9-11H2,1-8H3/t19-,20-,21+,22+,23+,24+,25-,26-,27-,28-/m1/s1. The lowest BCUT2D eigenvalue weighted by Crippen LogP contribution is -2.67. The molecule has 0 N–H and O–H groups in total. The van der Waals surface area contributed by atoms with Crippen molar-refractivity contribution in [3.05, 3.63) is 0 Å². The molecule has 0 saturated carbocycles. The van der Waals surface area contributed by atoms with E-state index >= 15 is 0 Å². The zero-order chi connectivity index (χ0) is 34.7. The highest BCUT2D eigenvalue weighted by atomic mass is 16.8. The maximum atomic E-state index is 12.3. The summed E-state index contributed by atoms with van der Waals surface area (Å²) in [5, 5.41) is 0. The first kappa shape index (κ1) is 38.3. The molecular weight excluding hydrogens is 624 g/mol. The number of ether oxygens (including phenoxy) is 11. The number of carbonyl (C=O) groups excluding carboxylic acids is 7. The Morgan fingerprint density at radius 2 is 0.804 bits per heavy atom. The summed E-state index contributed by atoms with van der Waals surface area (Å²) >= 11 is 0. The van der Waals surface area contributed by atoms with Gasteiger partial charge in [-0.2, -0.15) is 0 Å². The molecular formula is C28H40O18. The molecule has 2 aliphatic heterocycles. The molecule has 2 heterocycles. The molecule has 10 atom stereocenters. The van der Waals surface area contributed by atoms with Crippen LogP contribution in [0, 0.1) is 0 Å². The van der Waals surface area contributed by atoms with Crippen molar-refractivity contribution in [2.75, 3.05) is 19.8 Å². The smallest absolute Gasteiger partial charge is 0.303 e. The Hall–Kier alpha value is -3.87. The minimum atomic E-state index is -1.76. The van der Waals surface area contributed by atoms with E-state index in [9.17, 15) is 33.6 Å². The molecule has 0 aromatic carbocycles. The van der Waals surface area contributed by atoms with Gasteiger partial charge in [-0.25, -0.2) is 0 Å². The van der Waals surface area contributed by atoms with Crippen LogP contribution in [0.4, 0.5) is 0 Å². The van der Waals surface area contributed by atoms with Gasteiger partial charge in [0.15, 0.2) is 43.1 Å². The average molecular weight is 665 g/mol. The van der Waals surface area contributed by atoms with Crippen LogP contribution >= 0.6 is 0 Å². The molecule has 0 aromatic rings. The molecule has 0 spiro atoms. The second-order valence-corrected chi connectivity index (χ2v) is 10.1. The van der Waals surface area contributed by atoms with Crippen LogP contribution in [0.3, 0.4) is 0 Å². The van der Waals surface area contributed by atoms with E-state index in [0.29, 0.717) is 0 Å². The van der Waals surface area contributed by atoms with Crippen molar-refractivity contribution in [1.82, 2.24) is 0 Å². The van der Waals surface area contributed by atoms with Crippen molar-refractivity contribution in [3.63, 3.8) is 0 Å². The molecule has 0 radical (unpaired) electrons. The van der Waals surface area contributed by atoms with Gasteiger partial charge < -0.3 is 52.1 Å². The number of esters is 7. The lowest BCUT2D eigenvalue weighted by molar-refractivity contribution is -0.360. The third-order valence-electron chi connectivity index (χ3n) is 6.22. The minimum absolute atomic E-state index is 0.0563. The van der Waals surface area contributed by atoms with Crippen LogP contribution in [0.5, 0.6) is 0 Å². The van der Waals surface area contributed by atoms with Gasteiger partial charge in [0.1, 0.15) is 31.5 Å². The van der Waals surface area contributed by atoms with Crippen molar-refractivity contribution >= 4 is 41.8 Å². The fourth-order valence-electron chi connectivity index (χ4n) is 4.77. The van der Waals surface area contributed by atoms with Gasteiger partial charge in [0.05, 0.1) is 0 Å². The van der Waals surface area contributed by atoms with Crippen molar-refractivity contribution in [2.24, 2.45) is 0 Å². The van der Waals surface area contributed by atoms with Gasteiger partial charge in [0.25, 0.3) is 0 Å². The molecule has 18 nitrogen and oxygen atoms in total. The summed E-state index contributed by atoms with van der Waals surface area (Å²) in [7, 11) is 0. The van der Waals surface area contributed by atoms with Gasteiger partial charge in [-0.05, 0) is 6.92 Å². The van der Waals surface area contributed by atoms with Crippen LogP contribution in [0.1, 0.15) is 55.4 Å². The first-order chi connectivity index (χ1) is 21.5. The molecule has 0 bridgehead atoms. The maximum Gasteiger partial charge on any atom is 0.303 e. The first-order valence-corrected chi connectivity index (χ1v) is 14.2. The molecule has 18 heteroatoms. The Morgan fingerprint density at radius 3 is 1.22 bits per heavy atom. The van der Waals surface area contributed by atoms with E-state index in [1.807, 2.05) is 0 Å². The summed E-state index contributed by atoms with van der Waals surface area (Å²) in [5.74, 6) is -5.73. The van der Waals surface area contributed by atoms with E-state index in [1.54, 1.807) is 6.92 Å². The second-order valence-electron chi connectivity index (χ2n) is 10.1. The molecule has 0 aromatic heterocycles. The molecule has 260 valence electrons. The first-order valence-electron chi connectivity index (χ1n) is 14.2. The maximum absolute atomic E-state index is 12.3. The van der Waals surface area contributed by atoms with Crippen LogP contribution in [0.25, 0.3) is 0 Å². The van der Waals surface area contributed by atoms with Crippen LogP contribution in [-0.4, -0.2) is 123 Å². The lowest BCUT2D eigenvalue weighted by Gasteiger charge is -2.48. The molecule has 0 aliphatic carbocycles. The third-order valence-corrected chi connectivity index (χ3v) is 6.22. The Balaban J connectivity index is 2.70. The Bertz CT molecular complexity index is 1120. The number of rotatable bonds is 13. The van der Waals surface area contributed by atoms with Gasteiger partial charge >= 0.3 is 41.8 Å². The van der Waals surface area contributed by atoms with Crippen LogP contribution in [0.15, 0.2) is 0 Å². The van der Waals surface area contributed by atoms with Gasteiger partial charge in [-0.15, -0.1) is 0 Å². The molecule has 2 fully saturated rings. The van der Waals surface area contributed by atoms with Crippen LogP contribution < -0.4 is 0 Å². The Labute approximate surface area is 264 Å². The predicted octanol–water partition coefficient (Wildman–Crippen LogP) is -0.357. The zero-order valence-corrected chi connectivity index (χ0v) is 26.7. The summed E-state index contributed by atoms with van der Waals surface area (Å²) < 4.78 is 61.2. The highest BCUT2D eigenvalue weighted by Crippen LogP contribution is 2.35. The molecule has 2 saturated heterocycles. The van der Waals surface area contributed by atoms with Crippen molar-refractivity contribution in [2.45, 2.75) is 117 Å². The Morgan fingerprint density at radius 1 is 0.457 bits per heavy atom. The normalized spacial score (nSPS) is 30.6. The molecule has 0 amide bonds. The zero-order valence-electron chi connectivity index (χ0n) is 26.7. The van der Waals surface area contributed by atoms with E-state index in [-0.39, 0.29) is 6.61 Å². The average Bonchev–Trinajstić information content (AvgIpc) is 2.91. The van der Waals surface area contributed by atoms with Crippen molar-refractivity contribution < 1.29 is 85.7 Å². The molecule has 2 aliphatic rings. The summed E-state index contributed by atoms with van der Waals surface area (Å²) in [5.41, 5.74) is 0. The minimum Gasteiger partial charge on any atom is -0.463 e. The fraction of sp³-hybridized carbons (Fsp3) is 0.750. The lowest BCUT2D eigenvalue weighted by atomic mass is 9.96. The van der Waals surface area contributed by atoms with E-state index in [1.165, 1.54) is 0 Å². The predicted molar refractivity (Wildman–Crippen MR) is 145 cm³/mol. The molecule has 2 rings (SSSR count). The second kappa shape index (κ2) is 17.7. The molecule has 46 heavy (non-hydrogen) atoms. The largest absolute Gasteiger partial charge is 0.463 e. The Kier molecular flexibility index (Phi) is 14.8. The number of hydrogen-bond acceptors (Lipinski definition) is 18. The number of carbonyl (C=O) groups is 7. The SMILES string of the molecule is CCO[C@@H]1O[C@H](COC(C)=O)[C@H](O[C@H]2O[C@H](COC(C)=O)[C@H](OC(C)=O)[C@H](OC(C)=O)[C@H]2OC(C)=O)[C@H](OC(C)=O)[C@H]1OC(C)=O. The van der Waals surface area contributed by atoms with Gasteiger partial charge in [-0.1, -0.05) is 0 Å². The summed E-state index contributed by atoms with van der Waals surface area (Å²) in [4.78, 5) is 84.4. The molecule has 0 unspecified atom stereocenters. The highest BCUT2D eigenvalue weighted by Gasteiger charge is 2.57. The highest BCUT2D eigenvalue weighted by molar-refractivity contribution is 5.69. The van der Waals surface area contributed by atoms with E-state index in [4.69, 9.17) is 52.1 Å². The monoisotopic (exact) mass is 664 g/mol. The fourth-order valence-corrected chi connectivity index (χ4v) is 4.77. The quantitative estimate of drug-likeness (QED) is 0.181. The van der Waals surface area contributed by atoms with E-state index in [0.717, 1.165) is 48.5 Å². The summed E-state index contributed by atoms with van der Waals surface area (Å²) in [6.45, 7) is 8.16. The van der Waals surface area contributed by atoms with Crippen molar-refractivity contribution in [3.8, 4) is 0 Å². The van der Waals surface area contributed by atoms with E-state index < -0.39 is 116 Å². The number of hydrogen-bond donors (Lipinski definition) is 0. The van der Waals surface area contributed by atoms with Crippen LogP contribution in [0.2, 0.25) is 0 Å². The van der Waals surface area contributed by atoms with Gasteiger partial charge in [0.2, 0.25) is 0 Å². The summed E-state index contributed by atoms with van der Waals surface area (Å²) in [6.07, 6.45) is -15.0. The topological polar surface area (TPSA) is 221 Å².